The highest BCUT2D eigenvalue weighted by Crippen LogP contribution is 2.05. The zero-order valence-corrected chi connectivity index (χ0v) is 6.95. The Balaban J connectivity index is 0.000000810. The quantitative estimate of drug-likeness (QED) is 0.461. The van der Waals surface area contributed by atoms with E-state index in [9.17, 15) is 0 Å². The Bertz CT molecular complexity index is 143. The van der Waals surface area contributed by atoms with Crippen LogP contribution in [-0.4, -0.2) is 17.3 Å². The highest BCUT2D eigenvalue weighted by atomic mass is 35.5. The Labute approximate surface area is 67.8 Å². The van der Waals surface area contributed by atoms with E-state index in [1.165, 1.54) is 0 Å². The molecule has 0 aromatic carbocycles. The van der Waals surface area contributed by atoms with E-state index in [0.29, 0.717) is 0 Å². The van der Waals surface area contributed by atoms with Crippen molar-refractivity contribution >= 4 is 18.2 Å². The minimum absolute atomic E-state index is 0. The number of halogens is 1. The molecule has 0 saturated carbocycles. The third-order valence-corrected chi connectivity index (χ3v) is 1.50. The van der Waals surface area contributed by atoms with Crippen LogP contribution in [0.25, 0.3) is 0 Å². The largest absolute Gasteiger partial charge is 0.337 e. The van der Waals surface area contributed by atoms with Crippen LogP contribution in [0.1, 0.15) is 19.8 Å². The van der Waals surface area contributed by atoms with Crippen LogP contribution in [0, 0.1) is 5.41 Å². The standard InChI is InChI=1S/C7H12N2.ClH/c1-2-7(8)9-5-3-4-6-9;/h3,5,8H,2,4,6H2,1H3;1H. The number of nitrogens with zero attached hydrogens (tertiary/aromatic N) is 1. The van der Waals surface area contributed by atoms with Crippen molar-refractivity contribution < 1.29 is 0 Å². The van der Waals surface area contributed by atoms with Crippen molar-refractivity contribution in [2.45, 2.75) is 19.8 Å². The van der Waals surface area contributed by atoms with Crippen LogP contribution in [0.3, 0.4) is 0 Å². The SMILES string of the molecule is CCC(=N)N1C=CCC1.Cl. The molecule has 0 aromatic rings. The van der Waals surface area contributed by atoms with E-state index in [0.717, 1.165) is 25.2 Å². The number of hydrogen-bond acceptors (Lipinski definition) is 1. The molecule has 1 aliphatic rings. The smallest absolute Gasteiger partial charge is 0.0995 e. The van der Waals surface area contributed by atoms with E-state index in [2.05, 4.69) is 6.08 Å². The van der Waals surface area contributed by atoms with Gasteiger partial charge in [-0.15, -0.1) is 12.4 Å². The molecule has 0 radical (unpaired) electrons. The van der Waals surface area contributed by atoms with Crippen LogP contribution >= 0.6 is 12.4 Å². The Morgan fingerprint density at radius 1 is 1.70 bits per heavy atom. The summed E-state index contributed by atoms with van der Waals surface area (Å²) in [5, 5.41) is 7.41. The monoisotopic (exact) mass is 160 g/mol. The van der Waals surface area contributed by atoms with Crippen molar-refractivity contribution in [2.24, 2.45) is 0 Å². The number of rotatable bonds is 1. The Kier molecular flexibility index (Phi) is 4.12. The number of hydrogen-bond donors (Lipinski definition) is 1. The van der Waals surface area contributed by atoms with Crippen molar-refractivity contribution in [2.75, 3.05) is 6.54 Å². The van der Waals surface area contributed by atoms with Gasteiger partial charge in [0.25, 0.3) is 0 Å². The lowest BCUT2D eigenvalue weighted by Crippen LogP contribution is -2.21. The van der Waals surface area contributed by atoms with E-state index in [-0.39, 0.29) is 12.4 Å². The van der Waals surface area contributed by atoms with E-state index < -0.39 is 0 Å². The van der Waals surface area contributed by atoms with Gasteiger partial charge in [-0.25, -0.2) is 0 Å². The third-order valence-electron chi connectivity index (χ3n) is 1.50. The van der Waals surface area contributed by atoms with Crippen LogP contribution in [0.15, 0.2) is 12.3 Å². The molecule has 1 rings (SSSR count). The number of nitrogens with one attached hydrogen (secondary N) is 1. The fraction of sp³-hybridized carbons (Fsp3) is 0.571. The predicted molar refractivity (Wildman–Crippen MR) is 45.7 cm³/mol. The second-order valence-electron chi connectivity index (χ2n) is 2.17. The second-order valence-corrected chi connectivity index (χ2v) is 2.17. The minimum Gasteiger partial charge on any atom is -0.337 e. The van der Waals surface area contributed by atoms with Crippen molar-refractivity contribution in [3.8, 4) is 0 Å². The van der Waals surface area contributed by atoms with Gasteiger partial charge in [0.2, 0.25) is 0 Å². The Morgan fingerprint density at radius 2 is 2.40 bits per heavy atom. The highest BCUT2D eigenvalue weighted by molar-refractivity contribution is 5.85. The van der Waals surface area contributed by atoms with Gasteiger partial charge in [-0.3, -0.25) is 5.41 Å². The summed E-state index contributed by atoms with van der Waals surface area (Å²) in [6, 6.07) is 0. The Hall–Kier alpha value is -0.500. The van der Waals surface area contributed by atoms with E-state index in [1.807, 2.05) is 18.0 Å². The molecule has 1 aliphatic heterocycles. The van der Waals surface area contributed by atoms with Crippen LogP contribution in [-0.2, 0) is 0 Å². The summed E-state index contributed by atoms with van der Waals surface area (Å²) in [6.45, 7) is 3.02. The van der Waals surface area contributed by atoms with Gasteiger partial charge in [0.1, 0.15) is 0 Å². The summed E-state index contributed by atoms with van der Waals surface area (Å²) in [5.41, 5.74) is 0. The van der Waals surface area contributed by atoms with Gasteiger partial charge in [-0.2, -0.15) is 0 Å². The van der Waals surface area contributed by atoms with E-state index in [4.69, 9.17) is 5.41 Å². The molecule has 0 bridgehead atoms. The first kappa shape index (κ1) is 9.50. The molecule has 0 spiro atoms. The molecule has 10 heavy (non-hydrogen) atoms. The van der Waals surface area contributed by atoms with E-state index >= 15 is 0 Å². The topological polar surface area (TPSA) is 27.1 Å². The molecule has 0 atom stereocenters. The predicted octanol–water partition coefficient (Wildman–Crippen LogP) is 2.01. The normalized spacial score (nSPS) is 15.1. The van der Waals surface area contributed by atoms with Crippen LogP contribution in [0.4, 0.5) is 0 Å². The maximum Gasteiger partial charge on any atom is 0.0995 e. The molecule has 1 N–H and O–H groups in total. The average Bonchev–Trinajstić information content (AvgIpc) is 2.37. The van der Waals surface area contributed by atoms with Gasteiger partial charge >= 0.3 is 0 Å². The summed E-state index contributed by atoms with van der Waals surface area (Å²) in [4.78, 5) is 1.99. The fourth-order valence-electron chi connectivity index (χ4n) is 0.918. The summed E-state index contributed by atoms with van der Waals surface area (Å²) in [5.74, 6) is 0.726. The first-order valence-corrected chi connectivity index (χ1v) is 3.35. The summed E-state index contributed by atoms with van der Waals surface area (Å²) >= 11 is 0. The molecule has 0 saturated heterocycles. The van der Waals surface area contributed by atoms with Crippen molar-refractivity contribution in [1.82, 2.24) is 4.90 Å². The summed E-state index contributed by atoms with van der Waals surface area (Å²) < 4.78 is 0. The minimum atomic E-state index is 0. The molecule has 2 nitrogen and oxygen atoms in total. The van der Waals surface area contributed by atoms with Crippen molar-refractivity contribution in [3.05, 3.63) is 12.3 Å². The van der Waals surface area contributed by atoms with Crippen LogP contribution in [0.2, 0.25) is 0 Å². The molecule has 58 valence electrons. The highest BCUT2D eigenvalue weighted by Gasteiger charge is 2.06. The Morgan fingerprint density at radius 3 is 2.80 bits per heavy atom. The first-order chi connectivity index (χ1) is 4.34. The average molecular weight is 161 g/mol. The molecule has 0 aromatic heterocycles. The van der Waals surface area contributed by atoms with Crippen molar-refractivity contribution in [1.29, 1.82) is 5.41 Å². The van der Waals surface area contributed by atoms with Gasteiger partial charge in [0.05, 0.1) is 5.84 Å². The molecule has 0 fully saturated rings. The summed E-state index contributed by atoms with van der Waals surface area (Å²) in [6.07, 6.45) is 6.03. The maximum atomic E-state index is 7.41. The maximum absolute atomic E-state index is 7.41. The molecule has 1 heterocycles. The van der Waals surface area contributed by atoms with Gasteiger partial charge in [-0.1, -0.05) is 13.0 Å². The molecule has 0 unspecified atom stereocenters. The van der Waals surface area contributed by atoms with Gasteiger partial charge in [0.15, 0.2) is 0 Å². The zero-order valence-electron chi connectivity index (χ0n) is 6.13. The lowest BCUT2D eigenvalue weighted by molar-refractivity contribution is 0.584. The van der Waals surface area contributed by atoms with Crippen LogP contribution < -0.4 is 0 Å². The first-order valence-electron chi connectivity index (χ1n) is 3.35. The second kappa shape index (κ2) is 4.34. The third kappa shape index (κ3) is 2.03. The lowest BCUT2D eigenvalue weighted by atomic mass is 10.4. The zero-order chi connectivity index (χ0) is 6.69. The van der Waals surface area contributed by atoms with Crippen LogP contribution in [0.5, 0.6) is 0 Å². The lowest BCUT2D eigenvalue weighted by Gasteiger charge is -2.13. The molecular weight excluding hydrogens is 148 g/mol. The van der Waals surface area contributed by atoms with Crippen molar-refractivity contribution in [3.63, 3.8) is 0 Å². The summed E-state index contributed by atoms with van der Waals surface area (Å²) in [7, 11) is 0. The van der Waals surface area contributed by atoms with Gasteiger partial charge in [0, 0.05) is 19.2 Å². The molecule has 0 aliphatic carbocycles. The molecular formula is C7H13ClN2. The number of amidine groups is 1. The fourth-order valence-corrected chi connectivity index (χ4v) is 0.918. The van der Waals surface area contributed by atoms with Gasteiger partial charge < -0.3 is 4.90 Å². The van der Waals surface area contributed by atoms with Gasteiger partial charge in [-0.05, 0) is 6.42 Å². The van der Waals surface area contributed by atoms with E-state index in [1.54, 1.807) is 0 Å². The molecule has 0 amide bonds. The molecule has 3 heteroatoms.